The van der Waals surface area contributed by atoms with Crippen LogP contribution in [0.1, 0.15) is 161 Å². The number of carboxylic acid groups (broad SMARTS) is 1. The molecule has 0 aliphatic heterocycles. The molecule has 0 aliphatic carbocycles. The summed E-state index contributed by atoms with van der Waals surface area (Å²) in [6.07, 6.45) is 36.1. The van der Waals surface area contributed by atoms with Gasteiger partial charge < -0.3 is 9.84 Å². The number of ether oxygens (including phenoxy) is 1. The Kier molecular flexibility index (Phi) is 27.7. The Bertz CT molecular complexity index is 555. The summed E-state index contributed by atoms with van der Waals surface area (Å²) in [5.41, 5.74) is 0. The van der Waals surface area contributed by atoms with Crippen LogP contribution in [0.25, 0.3) is 0 Å². The summed E-state index contributed by atoms with van der Waals surface area (Å²) in [4.78, 5) is 22.9. The highest BCUT2D eigenvalue weighted by Crippen LogP contribution is 2.16. The SMILES string of the molecule is C=CCOC(=O)C(/C=C/CCCCCCCCCCCCCCCCCCCCCCCC)CC(=O)O. The van der Waals surface area contributed by atoms with Crippen LogP contribution in [-0.2, 0) is 14.3 Å². The van der Waals surface area contributed by atoms with Crippen molar-refractivity contribution in [3.8, 4) is 0 Å². The molecule has 1 N–H and O–H groups in total. The topological polar surface area (TPSA) is 63.6 Å². The number of carbonyl (C=O) groups is 2. The number of esters is 1. The molecule has 0 aliphatic rings. The van der Waals surface area contributed by atoms with Gasteiger partial charge in [0.05, 0.1) is 12.3 Å². The molecule has 4 heteroatoms. The quantitative estimate of drug-likeness (QED) is 0.0605. The number of hydrogen-bond donors (Lipinski definition) is 1. The number of hydrogen-bond acceptors (Lipinski definition) is 3. The molecule has 0 amide bonds. The fraction of sp³-hybridized carbons (Fsp3) is 0.818. The van der Waals surface area contributed by atoms with Crippen molar-refractivity contribution in [2.75, 3.05) is 6.61 Å². The molecule has 0 bridgehead atoms. The van der Waals surface area contributed by atoms with E-state index in [1.165, 1.54) is 141 Å². The van der Waals surface area contributed by atoms with Gasteiger partial charge in [-0.15, -0.1) is 0 Å². The van der Waals surface area contributed by atoms with Crippen LogP contribution in [0.3, 0.4) is 0 Å². The highest BCUT2D eigenvalue weighted by Gasteiger charge is 2.19. The van der Waals surface area contributed by atoms with Crippen molar-refractivity contribution in [2.24, 2.45) is 5.92 Å². The fourth-order valence-corrected chi connectivity index (χ4v) is 4.80. The van der Waals surface area contributed by atoms with Crippen LogP contribution in [-0.4, -0.2) is 23.7 Å². The van der Waals surface area contributed by atoms with E-state index in [2.05, 4.69) is 13.5 Å². The minimum absolute atomic E-state index is 0.113. The van der Waals surface area contributed by atoms with E-state index in [4.69, 9.17) is 9.84 Å². The van der Waals surface area contributed by atoms with E-state index in [-0.39, 0.29) is 13.0 Å². The number of rotatable bonds is 29. The molecule has 0 rings (SSSR count). The Morgan fingerprint density at radius 1 is 0.676 bits per heavy atom. The summed E-state index contributed by atoms with van der Waals surface area (Å²) in [6, 6.07) is 0. The predicted octanol–water partition coefficient (Wildman–Crippen LogP) is 10.4. The number of aliphatic carboxylic acids is 1. The largest absolute Gasteiger partial charge is 0.481 e. The van der Waals surface area contributed by atoms with Crippen LogP contribution in [0.15, 0.2) is 24.8 Å². The summed E-state index contributed by atoms with van der Waals surface area (Å²) in [7, 11) is 0. The molecular weight excluding hydrogens is 460 g/mol. The van der Waals surface area contributed by atoms with Gasteiger partial charge in [0.25, 0.3) is 0 Å². The van der Waals surface area contributed by atoms with Crippen LogP contribution in [0.5, 0.6) is 0 Å². The summed E-state index contributed by atoms with van der Waals surface area (Å²) < 4.78 is 4.99. The van der Waals surface area contributed by atoms with Gasteiger partial charge in [-0.05, 0) is 12.8 Å². The molecular formula is C33H60O4. The summed E-state index contributed by atoms with van der Waals surface area (Å²) in [5.74, 6) is -2.20. The Hall–Kier alpha value is -1.58. The normalized spacial score (nSPS) is 12.1. The van der Waals surface area contributed by atoms with E-state index in [1.807, 2.05) is 6.08 Å². The molecule has 216 valence electrons. The van der Waals surface area contributed by atoms with Crippen molar-refractivity contribution in [1.82, 2.24) is 0 Å². The minimum Gasteiger partial charge on any atom is -0.481 e. The zero-order valence-electron chi connectivity index (χ0n) is 24.4. The molecule has 0 aromatic heterocycles. The Morgan fingerprint density at radius 3 is 1.41 bits per heavy atom. The molecule has 1 atom stereocenters. The van der Waals surface area contributed by atoms with Gasteiger partial charge in [0, 0.05) is 0 Å². The Morgan fingerprint density at radius 2 is 1.05 bits per heavy atom. The molecule has 0 saturated heterocycles. The van der Waals surface area contributed by atoms with E-state index < -0.39 is 17.9 Å². The van der Waals surface area contributed by atoms with Crippen molar-refractivity contribution in [2.45, 2.75) is 161 Å². The smallest absolute Gasteiger partial charge is 0.313 e. The first-order valence-electron chi connectivity index (χ1n) is 15.8. The van der Waals surface area contributed by atoms with Crippen molar-refractivity contribution < 1.29 is 19.4 Å². The molecule has 1 unspecified atom stereocenters. The second-order valence-corrected chi connectivity index (χ2v) is 10.8. The summed E-state index contributed by atoms with van der Waals surface area (Å²) >= 11 is 0. The van der Waals surface area contributed by atoms with Gasteiger partial charge in [-0.1, -0.05) is 167 Å². The molecule has 37 heavy (non-hydrogen) atoms. The number of carbonyl (C=O) groups excluding carboxylic acids is 1. The Labute approximate surface area is 229 Å². The maximum Gasteiger partial charge on any atom is 0.313 e. The highest BCUT2D eigenvalue weighted by atomic mass is 16.5. The molecule has 0 spiro atoms. The van der Waals surface area contributed by atoms with Gasteiger partial charge in [-0.3, -0.25) is 9.59 Å². The predicted molar refractivity (Wildman–Crippen MR) is 158 cm³/mol. The number of unbranched alkanes of at least 4 members (excludes halogenated alkanes) is 22. The van der Waals surface area contributed by atoms with Gasteiger partial charge in [0.2, 0.25) is 0 Å². The first-order chi connectivity index (χ1) is 18.1. The molecule has 0 aromatic carbocycles. The third kappa shape index (κ3) is 27.3. The fourth-order valence-electron chi connectivity index (χ4n) is 4.80. The zero-order chi connectivity index (χ0) is 27.2. The second-order valence-electron chi connectivity index (χ2n) is 10.8. The van der Waals surface area contributed by atoms with Crippen LogP contribution in [0.4, 0.5) is 0 Å². The molecule has 4 nitrogen and oxygen atoms in total. The highest BCUT2D eigenvalue weighted by molar-refractivity contribution is 5.80. The molecule has 0 heterocycles. The third-order valence-corrected chi connectivity index (χ3v) is 7.13. The van der Waals surface area contributed by atoms with E-state index in [1.54, 1.807) is 6.08 Å². The maximum atomic E-state index is 11.9. The molecule has 0 radical (unpaired) electrons. The average Bonchev–Trinajstić information content (AvgIpc) is 2.88. The average molecular weight is 521 g/mol. The van der Waals surface area contributed by atoms with Crippen LogP contribution >= 0.6 is 0 Å². The maximum absolute atomic E-state index is 11.9. The van der Waals surface area contributed by atoms with E-state index in [0.29, 0.717) is 0 Å². The number of allylic oxidation sites excluding steroid dienone is 1. The summed E-state index contributed by atoms with van der Waals surface area (Å²) in [5, 5.41) is 8.98. The van der Waals surface area contributed by atoms with Crippen LogP contribution in [0.2, 0.25) is 0 Å². The van der Waals surface area contributed by atoms with Gasteiger partial charge in [0.1, 0.15) is 6.61 Å². The van der Waals surface area contributed by atoms with E-state index >= 15 is 0 Å². The van der Waals surface area contributed by atoms with Crippen LogP contribution in [0, 0.1) is 5.92 Å². The first kappa shape index (κ1) is 35.4. The lowest BCUT2D eigenvalue weighted by atomic mass is 10.0. The van der Waals surface area contributed by atoms with Gasteiger partial charge >= 0.3 is 11.9 Å². The minimum atomic E-state index is -0.991. The van der Waals surface area contributed by atoms with E-state index in [9.17, 15) is 9.59 Å². The molecule has 0 aromatic rings. The monoisotopic (exact) mass is 520 g/mol. The second kappa shape index (κ2) is 29.0. The lowest BCUT2D eigenvalue weighted by Crippen LogP contribution is -2.19. The standard InChI is InChI=1S/C33H60O4/c1-3-5-6-7-8-9-10-11-12-13-14-15-16-17-18-19-20-21-22-23-24-25-26-27-28-31(30-32(34)35)33(36)37-29-4-2/h4,27-28,31H,2-3,5-26,29-30H2,1H3,(H,34,35)/b28-27+. The van der Waals surface area contributed by atoms with Crippen molar-refractivity contribution in [1.29, 1.82) is 0 Å². The lowest BCUT2D eigenvalue weighted by Gasteiger charge is -2.09. The van der Waals surface area contributed by atoms with E-state index in [0.717, 1.165) is 12.8 Å². The number of carboxylic acids is 1. The Balaban J connectivity index is 3.39. The van der Waals surface area contributed by atoms with Gasteiger partial charge in [0.15, 0.2) is 0 Å². The first-order valence-corrected chi connectivity index (χ1v) is 15.8. The van der Waals surface area contributed by atoms with Crippen molar-refractivity contribution in [3.05, 3.63) is 24.8 Å². The lowest BCUT2D eigenvalue weighted by molar-refractivity contribution is -0.150. The zero-order valence-corrected chi connectivity index (χ0v) is 24.4. The molecule has 0 fully saturated rings. The van der Waals surface area contributed by atoms with Crippen molar-refractivity contribution >= 4 is 11.9 Å². The van der Waals surface area contributed by atoms with Crippen molar-refractivity contribution in [3.63, 3.8) is 0 Å². The van der Waals surface area contributed by atoms with Gasteiger partial charge in [-0.2, -0.15) is 0 Å². The third-order valence-electron chi connectivity index (χ3n) is 7.13. The van der Waals surface area contributed by atoms with Gasteiger partial charge in [-0.25, -0.2) is 0 Å². The molecule has 0 saturated carbocycles. The summed E-state index contributed by atoms with van der Waals surface area (Å²) in [6.45, 7) is 5.90. The van der Waals surface area contributed by atoms with Crippen LogP contribution < -0.4 is 0 Å².